The van der Waals surface area contributed by atoms with Crippen molar-refractivity contribution in [3.63, 3.8) is 0 Å². The first-order chi connectivity index (χ1) is 11.0. The van der Waals surface area contributed by atoms with Gasteiger partial charge < -0.3 is 5.32 Å². The van der Waals surface area contributed by atoms with Crippen molar-refractivity contribution in [1.82, 2.24) is 14.6 Å². The van der Waals surface area contributed by atoms with Crippen LogP contribution in [0.4, 0.5) is 11.4 Å². The largest absolute Gasteiger partial charge is 0.326 e. The maximum atomic E-state index is 12.4. The van der Waals surface area contributed by atoms with Crippen molar-refractivity contribution >= 4 is 33.0 Å². The van der Waals surface area contributed by atoms with Gasteiger partial charge in [-0.3, -0.25) is 9.52 Å². The average Bonchev–Trinajstić information content (AvgIpc) is 2.96. The van der Waals surface area contributed by atoms with E-state index in [-0.39, 0.29) is 10.8 Å². The highest BCUT2D eigenvalue weighted by Crippen LogP contribution is 2.20. The Morgan fingerprint density at radius 3 is 2.61 bits per heavy atom. The van der Waals surface area contributed by atoms with Crippen molar-refractivity contribution in [2.75, 3.05) is 10.0 Å². The Kier molecular flexibility index (Phi) is 3.70. The van der Waals surface area contributed by atoms with E-state index in [4.69, 9.17) is 0 Å². The van der Waals surface area contributed by atoms with Gasteiger partial charge in [-0.15, -0.1) is 0 Å². The third-order valence-electron chi connectivity index (χ3n) is 3.03. The summed E-state index contributed by atoms with van der Waals surface area (Å²) < 4.78 is 28.8. The number of pyridine rings is 1. The molecule has 9 heteroatoms. The van der Waals surface area contributed by atoms with E-state index in [1.54, 1.807) is 18.3 Å². The van der Waals surface area contributed by atoms with E-state index >= 15 is 0 Å². The molecule has 0 aliphatic carbocycles. The van der Waals surface area contributed by atoms with Gasteiger partial charge >= 0.3 is 0 Å². The monoisotopic (exact) mass is 331 g/mol. The average molecular weight is 331 g/mol. The molecule has 0 aliphatic rings. The molecule has 8 nitrogen and oxygen atoms in total. The van der Waals surface area contributed by atoms with Crippen molar-refractivity contribution in [1.29, 1.82) is 0 Å². The first-order valence-electron chi connectivity index (χ1n) is 6.64. The number of nitrogens with zero attached hydrogens (tertiary/aromatic N) is 3. The molecule has 0 atom stereocenters. The summed E-state index contributed by atoms with van der Waals surface area (Å²) in [4.78, 5) is 15.1. The Morgan fingerprint density at radius 2 is 1.91 bits per heavy atom. The molecule has 0 spiro atoms. The Morgan fingerprint density at radius 1 is 1.17 bits per heavy atom. The molecular weight excluding hydrogens is 318 g/mol. The van der Waals surface area contributed by atoms with Gasteiger partial charge in [0.15, 0.2) is 5.65 Å². The highest BCUT2D eigenvalue weighted by molar-refractivity contribution is 7.92. The lowest BCUT2D eigenvalue weighted by Gasteiger charge is -2.09. The van der Waals surface area contributed by atoms with Gasteiger partial charge in [0.25, 0.3) is 10.0 Å². The third-order valence-corrected chi connectivity index (χ3v) is 4.41. The minimum Gasteiger partial charge on any atom is -0.326 e. The second-order valence-corrected chi connectivity index (χ2v) is 6.44. The molecule has 118 valence electrons. The smallest absolute Gasteiger partial charge is 0.262 e. The summed E-state index contributed by atoms with van der Waals surface area (Å²) in [6.45, 7) is 1.38. The second-order valence-electron chi connectivity index (χ2n) is 4.76. The van der Waals surface area contributed by atoms with E-state index in [1.807, 2.05) is 0 Å². The summed E-state index contributed by atoms with van der Waals surface area (Å²) >= 11 is 0. The summed E-state index contributed by atoms with van der Waals surface area (Å²) in [6.07, 6.45) is 3.01. The van der Waals surface area contributed by atoms with Gasteiger partial charge in [0.1, 0.15) is 6.33 Å². The first kappa shape index (κ1) is 15.0. The number of carbonyl (C=O) groups excluding carboxylic acids is 1. The second kappa shape index (κ2) is 5.69. The Hall–Kier alpha value is -2.94. The molecule has 0 aliphatic heterocycles. The van der Waals surface area contributed by atoms with Crippen molar-refractivity contribution in [3.05, 3.63) is 48.9 Å². The van der Waals surface area contributed by atoms with Gasteiger partial charge in [0, 0.05) is 18.8 Å². The minimum absolute atomic E-state index is 0.0770. The third kappa shape index (κ3) is 3.14. The van der Waals surface area contributed by atoms with E-state index in [1.165, 1.54) is 42.0 Å². The highest BCUT2D eigenvalue weighted by Gasteiger charge is 2.16. The summed E-state index contributed by atoms with van der Waals surface area (Å²) in [7, 11) is -3.77. The molecular formula is C14H13N5O3S. The number of fused-ring (bicyclic) bond motifs is 1. The first-order valence-corrected chi connectivity index (χ1v) is 8.13. The van der Waals surface area contributed by atoms with Gasteiger partial charge in [0.05, 0.1) is 10.6 Å². The highest BCUT2D eigenvalue weighted by atomic mass is 32.2. The number of sulfonamides is 1. The van der Waals surface area contributed by atoms with Gasteiger partial charge in [-0.05, 0) is 36.4 Å². The molecule has 2 aromatic heterocycles. The minimum atomic E-state index is -3.77. The van der Waals surface area contributed by atoms with Crippen molar-refractivity contribution in [2.24, 2.45) is 0 Å². The van der Waals surface area contributed by atoms with Crippen LogP contribution in [0, 0.1) is 0 Å². The summed E-state index contributed by atoms with van der Waals surface area (Å²) in [5, 5.41) is 6.53. The van der Waals surface area contributed by atoms with Crippen LogP contribution in [0.5, 0.6) is 0 Å². The maximum absolute atomic E-state index is 12.4. The van der Waals surface area contributed by atoms with Gasteiger partial charge in [-0.25, -0.2) is 17.9 Å². The fourth-order valence-corrected chi connectivity index (χ4v) is 3.11. The topological polar surface area (TPSA) is 105 Å². The molecule has 1 amide bonds. The predicted octanol–water partition coefficient (Wildman–Crippen LogP) is 1.49. The number of nitrogens with one attached hydrogen (secondary N) is 2. The number of hydrogen-bond acceptors (Lipinski definition) is 5. The number of amides is 1. The summed E-state index contributed by atoms with van der Waals surface area (Å²) in [5.74, 6) is -0.225. The Labute approximate surface area is 132 Å². The van der Waals surface area contributed by atoms with Crippen LogP contribution < -0.4 is 10.0 Å². The van der Waals surface area contributed by atoms with Crippen LogP contribution in [0.1, 0.15) is 6.92 Å². The van der Waals surface area contributed by atoms with E-state index in [0.29, 0.717) is 17.0 Å². The molecule has 3 aromatic rings. The zero-order chi connectivity index (χ0) is 16.4. The maximum Gasteiger partial charge on any atom is 0.262 e. The van der Waals surface area contributed by atoms with Gasteiger partial charge in [0.2, 0.25) is 5.91 Å². The van der Waals surface area contributed by atoms with E-state index in [9.17, 15) is 13.2 Å². The molecule has 0 unspecified atom stereocenters. The van der Waals surface area contributed by atoms with Gasteiger partial charge in [-0.2, -0.15) is 5.10 Å². The molecule has 0 saturated carbocycles. The molecule has 3 rings (SSSR count). The molecule has 2 heterocycles. The Bertz CT molecular complexity index is 964. The predicted molar refractivity (Wildman–Crippen MR) is 84.5 cm³/mol. The normalized spacial score (nSPS) is 11.3. The number of anilines is 2. The van der Waals surface area contributed by atoms with E-state index < -0.39 is 10.0 Å². The summed E-state index contributed by atoms with van der Waals surface area (Å²) in [5.41, 5.74) is 1.26. The van der Waals surface area contributed by atoms with Crippen molar-refractivity contribution < 1.29 is 13.2 Å². The van der Waals surface area contributed by atoms with Crippen LogP contribution in [-0.2, 0) is 14.8 Å². The molecule has 1 aromatic carbocycles. The quantitative estimate of drug-likeness (QED) is 0.753. The fourth-order valence-electron chi connectivity index (χ4n) is 2.05. The lowest BCUT2D eigenvalue weighted by atomic mass is 10.3. The number of carbonyl (C=O) groups is 1. The lowest BCUT2D eigenvalue weighted by molar-refractivity contribution is -0.114. The number of aromatic nitrogens is 3. The van der Waals surface area contributed by atoms with Crippen molar-refractivity contribution in [2.45, 2.75) is 11.8 Å². The van der Waals surface area contributed by atoms with Gasteiger partial charge in [-0.1, -0.05) is 0 Å². The lowest BCUT2D eigenvalue weighted by Crippen LogP contribution is -2.14. The standard InChI is InChI=1S/C14H13N5O3S/c1-10(20)17-11-4-6-12(7-5-11)23(21,22)18-13-3-2-8-19-14(13)15-9-16-19/h2-9,18H,1H3,(H,17,20). The SMILES string of the molecule is CC(=O)Nc1ccc(S(=O)(=O)Nc2cccn3ncnc23)cc1. The molecule has 0 saturated heterocycles. The fraction of sp³-hybridized carbons (Fsp3) is 0.0714. The van der Waals surface area contributed by atoms with Crippen LogP contribution in [0.15, 0.2) is 53.8 Å². The molecule has 2 N–H and O–H groups in total. The van der Waals surface area contributed by atoms with Crippen LogP contribution in [0.3, 0.4) is 0 Å². The van der Waals surface area contributed by atoms with Crippen LogP contribution in [-0.4, -0.2) is 28.9 Å². The van der Waals surface area contributed by atoms with Crippen molar-refractivity contribution in [3.8, 4) is 0 Å². The van der Waals surface area contributed by atoms with Crippen LogP contribution in [0.25, 0.3) is 5.65 Å². The van der Waals surface area contributed by atoms with Crippen LogP contribution >= 0.6 is 0 Å². The summed E-state index contributed by atoms with van der Waals surface area (Å²) in [6, 6.07) is 9.14. The number of rotatable bonds is 4. The number of hydrogen-bond donors (Lipinski definition) is 2. The Balaban J connectivity index is 1.89. The number of benzene rings is 1. The zero-order valence-electron chi connectivity index (χ0n) is 12.1. The van der Waals surface area contributed by atoms with E-state index in [2.05, 4.69) is 20.1 Å². The molecule has 0 fully saturated rings. The van der Waals surface area contributed by atoms with Crippen LogP contribution in [0.2, 0.25) is 0 Å². The van der Waals surface area contributed by atoms with E-state index in [0.717, 1.165) is 0 Å². The zero-order valence-corrected chi connectivity index (χ0v) is 12.9. The molecule has 0 bridgehead atoms. The molecule has 23 heavy (non-hydrogen) atoms. The molecule has 0 radical (unpaired) electrons.